The fourth-order valence-corrected chi connectivity index (χ4v) is 4.04. The molecule has 164 valence electrons. The predicted molar refractivity (Wildman–Crippen MR) is 120 cm³/mol. The van der Waals surface area contributed by atoms with Crippen LogP contribution in [0.4, 0.5) is 4.79 Å². The molecule has 1 aromatic carbocycles. The Morgan fingerprint density at radius 1 is 1.06 bits per heavy atom. The van der Waals surface area contributed by atoms with Crippen LogP contribution in [0.3, 0.4) is 0 Å². The van der Waals surface area contributed by atoms with Crippen molar-refractivity contribution in [1.82, 2.24) is 14.8 Å². The number of carbonyl (C=O) groups is 3. The van der Waals surface area contributed by atoms with Gasteiger partial charge in [0.25, 0.3) is 11.8 Å². The molecule has 7 nitrogen and oxygen atoms in total. The van der Waals surface area contributed by atoms with Gasteiger partial charge in [0.2, 0.25) is 0 Å². The summed E-state index contributed by atoms with van der Waals surface area (Å²) in [5.74, 6) is -0.572. The van der Waals surface area contributed by atoms with Crippen LogP contribution in [-0.2, 0) is 16.1 Å². The summed E-state index contributed by atoms with van der Waals surface area (Å²) < 4.78 is 7.37. The zero-order valence-electron chi connectivity index (χ0n) is 18.5. The summed E-state index contributed by atoms with van der Waals surface area (Å²) in [7, 11) is 0. The molecule has 32 heavy (non-hydrogen) atoms. The van der Waals surface area contributed by atoms with Crippen LogP contribution in [0.15, 0.2) is 58.7 Å². The normalized spacial score (nSPS) is 15.7. The van der Waals surface area contributed by atoms with Crippen LogP contribution < -0.4 is 5.32 Å². The number of benzene rings is 1. The summed E-state index contributed by atoms with van der Waals surface area (Å²) in [5, 5.41) is 2.25. The van der Waals surface area contributed by atoms with Crippen molar-refractivity contribution < 1.29 is 18.8 Å². The maximum Gasteiger partial charge on any atom is 0.331 e. The average molecular weight is 431 g/mol. The first-order valence-electron chi connectivity index (χ1n) is 10.5. The first kappa shape index (κ1) is 21.4. The molecule has 0 saturated carbocycles. The number of furan rings is 1. The number of rotatable bonds is 5. The molecule has 0 bridgehead atoms. The molecule has 1 fully saturated rings. The van der Waals surface area contributed by atoms with Crippen molar-refractivity contribution in [1.29, 1.82) is 0 Å². The van der Waals surface area contributed by atoms with Crippen LogP contribution in [0, 0.1) is 13.8 Å². The third-order valence-corrected chi connectivity index (χ3v) is 5.65. The zero-order valence-corrected chi connectivity index (χ0v) is 18.5. The van der Waals surface area contributed by atoms with Gasteiger partial charge >= 0.3 is 6.03 Å². The molecule has 3 heterocycles. The fraction of sp³-hybridized carbons (Fsp3) is 0.240. The highest BCUT2D eigenvalue weighted by Gasteiger charge is 2.36. The quantitative estimate of drug-likeness (QED) is 0.477. The van der Waals surface area contributed by atoms with E-state index in [2.05, 4.69) is 35.9 Å². The molecule has 1 N–H and O–H groups in total. The van der Waals surface area contributed by atoms with Gasteiger partial charge in [0.05, 0.1) is 12.8 Å². The van der Waals surface area contributed by atoms with Crippen LogP contribution in [0.1, 0.15) is 48.0 Å². The van der Waals surface area contributed by atoms with Gasteiger partial charge in [-0.05, 0) is 61.2 Å². The standard InChI is InChI=1S/C25H25N3O4/c1-15(2)20-9-5-6-10-22(20)28-16(3)12-18(17(28)4)13-21-23(29)26-25(31)27(24(21)30)14-19-8-7-11-32-19/h5-13,15H,14H2,1-4H3,(H,26,29,31). The van der Waals surface area contributed by atoms with E-state index >= 15 is 0 Å². The Labute approximate surface area is 186 Å². The first-order chi connectivity index (χ1) is 15.3. The van der Waals surface area contributed by atoms with E-state index in [1.165, 1.54) is 11.8 Å². The van der Waals surface area contributed by atoms with Crippen LogP contribution in [0.5, 0.6) is 0 Å². The predicted octanol–water partition coefficient (Wildman–Crippen LogP) is 4.47. The summed E-state index contributed by atoms with van der Waals surface area (Å²) in [6.07, 6.45) is 3.02. The van der Waals surface area contributed by atoms with E-state index in [9.17, 15) is 14.4 Å². The first-order valence-corrected chi connectivity index (χ1v) is 10.5. The molecule has 1 aliphatic rings. The minimum absolute atomic E-state index is 0.0525. The summed E-state index contributed by atoms with van der Waals surface area (Å²) in [4.78, 5) is 38.7. The number of para-hydroxylation sites is 1. The number of imide groups is 2. The maximum atomic E-state index is 13.0. The lowest BCUT2D eigenvalue weighted by Gasteiger charge is -2.25. The summed E-state index contributed by atoms with van der Waals surface area (Å²) in [6.45, 7) is 8.18. The van der Waals surface area contributed by atoms with Crippen LogP contribution in [0.2, 0.25) is 0 Å². The Balaban J connectivity index is 1.74. The number of aryl methyl sites for hydroxylation is 1. The molecular weight excluding hydrogens is 406 g/mol. The minimum atomic E-state index is -0.759. The molecule has 3 aromatic rings. The number of hydrogen-bond acceptors (Lipinski definition) is 4. The Bertz CT molecular complexity index is 1230. The number of nitrogens with one attached hydrogen (secondary N) is 1. The van der Waals surface area contributed by atoms with Crippen LogP contribution >= 0.6 is 0 Å². The zero-order chi connectivity index (χ0) is 23.0. The van der Waals surface area contributed by atoms with Gasteiger partial charge in [-0.3, -0.25) is 19.8 Å². The van der Waals surface area contributed by atoms with Crippen molar-refractivity contribution in [3.8, 4) is 5.69 Å². The molecule has 1 aliphatic heterocycles. The largest absolute Gasteiger partial charge is 0.467 e. The van der Waals surface area contributed by atoms with Gasteiger partial charge in [-0.1, -0.05) is 32.0 Å². The topological polar surface area (TPSA) is 84.6 Å². The van der Waals surface area contributed by atoms with Crippen molar-refractivity contribution in [3.05, 3.63) is 82.6 Å². The number of nitrogens with zero attached hydrogens (tertiary/aromatic N) is 2. The van der Waals surface area contributed by atoms with Gasteiger partial charge in [-0.2, -0.15) is 0 Å². The number of carbonyl (C=O) groups excluding carboxylic acids is 3. The monoisotopic (exact) mass is 431 g/mol. The summed E-state index contributed by atoms with van der Waals surface area (Å²) >= 11 is 0. The third kappa shape index (κ3) is 3.77. The maximum absolute atomic E-state index is 13.0. The lowest BCUT2D eigenvalue weighted by molar-refractivity contribution is -0.130. The van der Waals surface area contributed by atoms with Gasteiger partial charge in [-0.15, -0.1) is 0 Å². The molecule has 0 spiro atoms. The molecule has 0 radical (unpaired) electrons. The van der Waals surface area contributed by atoms with Crippen molar-refractivity contribution >= 4 is 23.9 Å². The number of aromatic nitrogens is 1. The lowest BCUT2D eigenvalue weighted by Crippen LogP contribution is -2.53. The second-order valence-electron chi connectivity index (χ2n) is 8.16. The van der Waals surface area contributed by atoms with E-state index in [0.717, 1.165) is 27.5 Å². The van der Waals surface area contributed by atoms with Gasteiger partial charge in [-0.25, -0.2) is 4.79 Å². The number of hydrogen-bond donors (Lipinski definition) is 1. The Kier molecular flexibility index (Phi) is 5.57. The minimum Gasteiger partial charge on any atom is -0.467 e. The second kappa shape index (κ2) is 8.34. The molecule has 7 heteroatoms. The molecule has 0 atom stereocenters. The molecule has 2 aromatic heterocycles. The van der Waals surface area contributed by atoms with Crippen molar-refractivity contribution in [2.45, 2.75) is 40.2 Å². The Morgan fingerprint density at radius 2 is 1.81 bits per heavy atom. The number of barbiturate groups is 1. The molecule has 0 unspecified atom stereocenters. The SMILES string of the molecule is Cc1cc(C=C2C(=O)NC(=O)N(Cc3ccco3)C2=O)c(C)n1-c1ccccc1C(C)C. The highest BCUT2D eigenvalue weighted by molar-refractivity contribution is 6.31. The van der Waals surface area contributed by atoms with Crippen molar-refractivity contribution in [3.63, 3.8) is 0 Å². The van der Waals surface area contributed by atoms with Crippen LogP contribution in [0.25, 0.3) is 11.8 Å². The molecule has 4 rings (SSSR count). The summed E-state index contributed by atoms with van der Waals surface area (Å²) in [5.41, 5.74) is 4.81. The van der Waals surface area contributed by atoms with E-state index in [1.54, 1.807) is 18.2 Å². The molecule has 0 aliphatic carbocycles. The smallest absolute Gasteiger partial charge is 0.331 e. The van der Waals surface area contributed by atoms with E-state index in [0.29, 0.717) is 11.7 Å². The second-order valence-corrected chi connectivity index (χ2v) is 8.16. The van der Waals surface area contributed by atoms with E-state index < -0.39 is 17.8 Å². The number of amides is 4. The Hall–Kier alpha value is -3.87. The van der Waals surface area contributed by atoms with Crippen molar-refractivity contribution in [2.75, 3.05) is 0 Å². The lowest BCUT2D eigenvalue weighted by atomic mass is 10.0. The van der Waals surface area contributed by atoms with E-state index in [4.69, 9.17) is 4.42 Å². The fourth-order valence-electron chi connectivity index (χ4n) is 4.04. The van der Waals surface area contributed by atoms with Crippen LogP contribution in [-0.4, -0.2) is 27.3 Å². The molecule has 4 amide bonds. The summed E-state index contributed by atoms with van der Waals surface area (Å²) in [6, 6.07) is 12.7. The Morgan fingerprint density at radius 3 is 2.50 bits per heavy atom. The van der Waals surface area contributed by atoms with Gasteiger partial charge in [0.15, 0.2) is 0 Å². The van der Waals surface area contributed by atoms with E-state index in [-0.39, 0.29) is 12.1 Å². The molecule has 1 saturated heterocycles. The van der Waals surface area contributed by atoms with Gasteiger partial charge in [0, 0.05) is 17.1 Å². The highest BCUT2D eigenvalue weighted by Crippen LogP contribution is 2.29. The number of urea groups is 1. The van der Waals surface area contributed by atoms with Gasteiger partial charge < -0.3 is 8.98 Å². The highest BCUT2D eigenvalue weighted by atomic mass is 16.3. The van der Waals surface area contributed by atoms with Crippen molar-refractivity contribution in [2.24, 2.45) is 0 Å². The average Bonchev–Trinajstić information content (AvgIpc) is 3.36. The van der Waals surface area contributed by atoms with Gasteiger partial charge in [0.1, 0.15) is 11.3 Å². The van der Waals surface area contributed by atoms with E-state index in [1.807, 2.05) is 32.0 Å². The third-order valence-electron chi connectivity index (χ3n) is 5.65. The molecular formula is C25H25N3O4.